The fourth-order valence-electron chi connectivity index (χ4n) is 0.313. The molecule has 0 atom stereocenters. The molecule has 0 unspecified atom stereocenters. The van der Waals surface area contributed by atoms with Gasteiger partial charge < -0.3 is 0 Å². The van der Waals surface area contributed by atoms with Crippen molar-refractivity contribution in [2.24, 2.45) is 0 Å². The zero-order valence-corrected chi connectivity index (χ0v) is 9.33. The van der Waals surface area contributed by atoms with Crippen LogP contribution >= 0.6 is 0 Å². The van der Waals surface area contributed by atoms with E-state index in [0.717, 1.165) is 0 Å². The predicted octanol–water partition coefficient (Wildman–Crippen LogP) is 4.16. The number of rotatable bonds is 0. The molecule has 0 fully saturated rings. The van der Waals surface area contributed by atoms with Crippen LogP contribution in [0.15, 0.2) is 30.6 Å². The van der Waals surface area contributed by atoms with Crippen LogP contribution in [0.4, 0.5) is 0 Å². The van der Waals surface area contributed by atoms with Crippen LogP contribution in [0.5, 0.6) is 0 Å². The van der Waals surface area contributed by atoms with Crippen LogP contribution in [-0.4, -0.2) is 4.98 Å². The van der Waals surface area contributed by atoms with E-state index in [9.17, 15) is 0 Å². The Hall–Kier alpha value is -0.850. The number of nitrogens with zero attached hydrogens (tertiary/aromatic N) is 1. The molecular formula is C11H23N. The van der Waals surface area contributed by atoms with Gasteiger partial charge in [-0.2, -0.15) is 0 Å². The third-order valence-electron chi connectivity index (χ3n) is 0.566. The van der Waals surface area contributed by atoms with Gasteiger partial charge in [-0.25, -0.2) is 0 Å². The summed E-state index contributed by atoms with van der Waals surface area (Å²) in [6, 6.07) is 5.72. The van der Waals surface area contributed by atoms with Crippen molar-refractivity contribution in [2.75, 3.05) is 0 Å². The normalized spacial score (nSPS) is 5.50. The zero-order valence-electron chi connectivity index (χ0n) is 9.33. The van der Waals surface area contributed by atoms with Gasteiger partial charge in [-0.3, -0.25) is 4.98 Å². The molecule has 0 aliphatic rings. The van der Waals surface area contributed by atoms with Gasteiger partial charge in [0.15, 0.2) is 0 Å². The number of hydrogen-bond acceptors (Lipinski definition) is 1. The van der Waals surface area contributed by atoms with Crippen LogP contribution in [0.1, 0.15) is 41.5 Å². The Morgan fingerprint density at radius 1 is 0.583 bits per heavy atom. The van der Waals surface area contributed by atoms with Crippen molar-refractivity contribution in [1.29, 1.82) is 0 Å². The van der Waals surface area contributed by atoms with Crippen LogP contribution < -0.4 is 0 Å². The molecule has 1 heteroatoms. The Bertz CT molecular complexity index is 76.9. The summed E-state index contributed by atoms with van der Waals surface area (Å²) < 4.78 is 0. The Labute approximate surface area is 77.9 Å². The van der Waals surface area contributed by atoms with Crippen LogP contribution in [0.3, 0.4) is 0 Å². The van der Waals surface area contributed by atoms with Crippen molar-refractivity contribution < 1.29 is 0 Å². The number of aromatic nitrogens is 1. The first kappa shape index (κ1) is 17.3. The lowest BCUT2D eigenvalue weighted by atomic mass is 10.5. The van der Waals surface area contributed by atoms with Gasteiger partial charge in [-0.15, -0.1) is 0 Å². The van der Waals surface area contributed by atoms with Gasteiger partial charge in [0.05, 0.1) is 0 Å². The van der Waals surface area contributed by atoms with E-state index in [1.165, 1.54) is 0 Å². The number of pyridine rings is 1. The lowest BCUT2D eigenvalue weighted by Crippen LogP contribution is -1.58. The van der Waals surface area contributed by atoms with Crippen molar-refractivity contribution in [3.05, 3.63) is 30.6 Å². The molecule has 0 aliphatic carbocycles. The first-order valence-corrected chi connectivity index (χ1v) is 4.85. The van der Waals surface area contributed by atoms with Gasteiger partial charge >= 0.3 is 0 Å². The molecule has 1 aromatic rings. The lowest BCUT2D eigenvalue weighted by Gasteiger charge is -1.70. The molecule has 0 aliphatic heterocycles. The second-order valence-corrected chi connectivity index (χ2v) is 1.02. The van der Waals surface area contributed by atoms with Gasteiger partial charge in [0.2, 0.25) is 0 Å². The summed E-state index contributed by atoms with van der Waals surface area (Å²) in [5.41, 5.74) is 0. The summed E-state index contributed by atoms with van der Waals surface area (Å²) in [7, 11) is 0. The zero-order chi connectivity index (χ0) is 10.2. The molecule has 0 bridgehead atoms. The van der Waals surface area contributed by atoms with E-state index in [1.807, 2.05) is 59.7 Å². The molecule has 12 heavy (non-hydrogen) atoms. The standard InChI is InChI=1S/C5H5N.3C2H6/c1-2-4-6-5-3-1;3*1-2/h1-5H;3*1-2H3. The second kappa shape index (κ2) is 32.0. The smallest absolute Gasteiger partial charge is 0.0267 e. The van der Waals surface area contributed by atoms with Crippen molar-refractivity contribution in [2.45, 2.75) is 41.5 Å². The second-order valence-electron chi connectivity index (χ2n) is 1.02. The summed E-state index contributed by atoms with van der Waals surface area (Å²) in [4.78, 5) is 3.78. The van der Waals surface area contributed by atoms with E-state index in [0.29, 0.717) is 0 Å². The molecule has 72 valence electrons. The van der Waals surface area contributed by atoms with Gasteiger partial charge in [0, 0.05) is 12.4 Å². The highest BCUT2D eigenvalue weighted by Gasteiger charge is 1.58. The molecular weight excluding hydrogens is 146 g/mol. The predicted molar refractivity (Wildman–Crippen MR) is 58.3 cm³/mol. The molecule has 0 aromatic carbocycles. The summed E-state index contributed by atoms with van der Waals surface area (Å²) in [5.74, 6) is 0. The Kier molecular flexibility index (Phi) is 46.2. The van der Waals surface area contributed by atoms with E-state index in [4.69, 9.17) is 0 Å². The van der Waals surface area contributed by atoms with Gasteiger partial charge in [-0.1, -0.05) is 47.6 Å². The summed E-state index contributed by atoms with van der Waals surface area (Å²) in [5, 5.41) is 0. The topological polar surface area (TPSA) is 12.9 Å². The fraction of sp³-hybridized carbons (Fsp3) is 0.545. The van der Waals surface area contributed by atoms with Gasteiger partial charge in [0.1, 0.15) is 0 Å². The first-order valence-electron chi connectivity index (χ1n) is 4.85. The van der Waals surface area contributed by atoms with E-state index in [-0.39, 0.29) is 0 Å². The molecule has 0 radical (unpaired) electrons. The minimum absolute atomic E-state index is 1.75. The van der Waals surface area contributed by atoms with E-state index in [2.05, 4.69) is 4.98 Å². The van der Waals surface area contributed by atoms with E-state index < -0.39 is 0 Å². The molecule has 0 saturated carbocycles. The number of hydrogen-bond donors (Lipinski definition) is 0. The summed E-state index contributed by atoms with van der Waals surface area (Å²) in [6.45, 7) is 12.0. The van der Waals surface area contributed by atoms with Crippen LogP contribution in [0.25, 0.3) is 0 Å². The Balaban J connectivity index is -0.000000117. The van der Waals surface area contributed by atoms with Crippen LogP contribution in [0.2, 0.25) is 0 Å². The largest absolute Gasteiger partial charge is 0.265 e. The van der Waals surface area contributed by atoms with Crippen molar-refractivity contribution in [1.82, 2.24) is 4.98 Å². The fourth-order valence-corrected chi connectivity index (χ4v) is 0.313. The first-order chi connectivity index (χ1) is 6.00. The summed E-state index contributed by atoms with van der Waals surface area (Å²) in [6.07, 6.45) is 3.50. The van der Waals surface area contributed by atoms with Gasteiger partial charge in [0.25, 0.3) is 0 Å². The molecule has 0 amide bonds. The highest BCUT2D eigenvalue weighted by atomic mass is 14.6. The van der Waals surface area contributed by atoms with Crippen molar-refractivity contribution in [3.8, 4) is 0 Å². The quantitative estimate of drug-likeness (QED) is 0.568. The van der Waals surface area contributed by atoms with Crippen LogP contribution in [-0.2, 0) is 0 Å². The van der Waals surface area contributed by atoms with Crippen molar-refractivity contribution >= 4 is 0 Å². The molecule has 1 nitrogen and oxygen atoms in total. The summed E-state index contributed by atoms with van der Waals surface area (Å²) >= 11 is 0. The SMILES string of the molecule is CC.CC.CC.c1ccncc1. The minimum atomic E-state index is 1.75. The highest BCUT2D eigenvalue weighted by molar-refractivity contribution is 4.88. The average Bonchev–Trinajstić information content (AvgIpc) is 2.29. The minimum Gasteiger partial charge on any atom is -0.265 e. The molecule has 0 N–H and O–H groups in total. The molecule has 0 saturated heterocycles. The average molecular weight is 169 g/mol. The maximum absolute atomic E-state index is 3.78. The Morgan fingerprint density at radius 3 is 1.00 bits per heavy atom. The van der Waals surface area contributed by atoms with E-state index in [1.54, 1.807) is 12.4 Å². The maximum atomic E-state index is 3.78. The Morgan fingerprint density at radius 2 is 0.917 bits per heavy atom. The molecule has 0 spiro atoms. The molecule has 1 rings (SSSR count). The highest BCUT2D eigenvalue weighted by Crippen LogP contribution is 1.73. The molecule has 1 heterocycles. The van der Waals surface area contributed by atoms with Crippen molar-refractivity contribution in [3.63, 3.8) is 0 Å². The lowest BCUT2D eigenvalue weighted by molar-refractivity contribution is 1.33. The molecule has 1 aromatic heterocycles. The van der Waals surface area contributed by atoms with E-state index >= 15 is 0 Å². The third-order valence-corrected chi connectivity index (χ3v) is 0.566. The monoisotopic (exact) mass is 169 g/mol. The van der Waals surface area contributed by atoms with Gasteiger partial charge in [-0.05, 0) is 12.1 Å². The maximum Gasteiger partial charge on any atom is 0.0267 e. The third kappa shape index (κ3) is 22.9. The van der Waals surface area contributed by atoms with Crippen LogP contribution in [0, 0.1) is 0 Å².